The van der Waals surface area contributed by atoms with Crippen LogP contribution in [0.25, 0.3) is 0 Å². The van der Waals surface area contributed by atoms with Crippen molar-refractivity contribution in [1.82, 2.24) is 10.2 Å². The number of amides is 2. The molecule has 0 saturated heterocycles. The van der Waals surface area contributed by atoms with Crippen LogP contribution in [-0.2, 0) is 22.6 Å². The second kappa shape index (κ2) is 13.3. The van der Waals surface area contributed by atoms with Crippen LogP contribution in [0.2, 0.25) is 0 Å². The zero-order valence-corrected chi connectivity index (χ0v) is 23.0. The summed E-state index contributed by atoms with van der Waals surface area (Å²) in [7, 11) is 0. The molecule has 0 aliphatic carbocycles. The first-order valence-corrected chi connectivity index (χ1v) is 13.1. The van der Waals surface area contributed by atoms with Gasteiger partial charge in [0.25, 0.3) is 5.91 Å². The average molecular weight is 552 g/mol. The number of nitrogens with one attached hydrogen (secondary N) is 1. The Labute approximate surface area is 223 Å². The van der Waals surface area contributed by atoms with Crippen molar-refractivity contribution in [3.8, 4) is 5.75 Å². The molecule has 3 aromatic rings. The van der Waals surface area contributed by atoms with Crippen molar-refractivity contribution in [3.63, 3.8) is 0 Å². The van der Waals surface area contributed by atoms with Crippen LogP contribution in [0.1, 0.15) is 42.5 Å². The third kappa shape index (κ3) is 7.95. The van der Waals surface area contributed by atoms with E-state index >= 15 is 0 Å². The number of rotatable bonds is 11. The van der Waals surface area contributed by atoms with Crippen LogP contribution < -0.4 is 10.1 Å². The molecular formula is C30H35BrN2O3. The molecule has 2 atom stereocenters. The molecule has 0 aliphatic heterocycles. The van der Waals surface area contributed by atoms with E-state index in [0.29, 0.717) is 18.7 Å². The summed E-state index contributed by atoms with van der Waals surface area (Å²) in [5.74, 6) is 0.215. The molecule has 0 aromatic heterocycles. The van der Waals surface area contributed by atoms with Gasteiger partial charge in [0.15, 0.2) is 6.61 Å². The van der Waals surface area contributed by atoms with Crippen LogP contribution in [-0.4, -0.2) is 35.4 Å². The minimum Gasteiger partial charge on any atom is -0.484 e. The monoisotopic (exact) mass is 550 g/mol. The van der Waals surface area contributed by atoms with Gasteiger partial charge < -0.3 is 15.0 Å². The Bertz CT molecular complexity index is 1150. The highest BCUT2D eigenvalue weighted by molar-refractivity contribution is 9.10. The van der Waals surface area contributed by atoms with Crippen LogP contribution in [0.5, 0.6) is 5.75 Å². The highest BCUT2D eigenvalue weighted by Crippen LogP contribution is 2.22. The molecule has 36 heavy (non-hydrogen) atoms. The molecule has 0 heterocycles. The Balaban J connectivity index is 1.90. The number of hydrogen-bond donors (Lipinski definition) is 1. The number of halogens is 1. The first kappa shape index (κ1) is 27.5. The van der Waals surface area contributed by atoms with Gasteiger partial charge in [-0.05, 0) is 62.1 Å². The fraction of sp³-hybridized carbons (Fsp3) is 0.333. The molecule has 0 unspecified atom stereocenters. The molecule has 3 rings (SSSR count). The maximum atomic E-state index is 13.6. The van der Waals surface area contributed by atoms with Crippen molar-refractivity contribution < 1.29 is 14.3 Å². The lowest BCUT2D eigenvalue weighted by atomic mass is 10.0. The molecule has 0 radical (unpaired) electrons. The van der Waals surface area contributed by atoms with Crippen molar-refractivity contribution in [2.75, 3.05) is 6.61 Å². The van der Waals surface area contributed by atoms with Gasteiger partial charge in [-0.25, -0.2) is 0 Å². The Hall–Kier alpha value is -3.12. The number of carbonyl (C=O) groups is 2. The summed E-state index contributed by atoms with van der Waals surface area (Å²) in [5, 5.41) is 3.09. The number of aryl methyl sites for hydroxylation is 2. The molecule has 2 amide bonds. The number of benzene rings is 3. The lowest BCUT2D eigenvalue weighted by Crippen LogP contribution is -2.53. The first-order valence-electron chi connectivity index (χ1n) is 12.3. The van der Waals surface area contributed by atoms with Crippen LogP contribution in [0, 0.1) is 13.8 Å². The SMILES string of the molecule is CC[C@@H](C)NC(=O)[C@H](Cc1ccccc1)N(Cc1ccc(C)cc1)C(=O)COc1ccc(Br)c(C)c1. The second-order valence-electron chi connectivity index (χ2n) is 9.23. The maximum absolute atomic E-state index is 13.6. The Kier molecular flexibility index (Phi) is 10.1. The second-order valence-corrected chi connectivity index (χ2v) is 10.1. The smallest absolute Gasteiger partial charge is 0.261 e. The number of nitrogens with zero attached hydrogens (tertiary/aromatic N) is 1. The van der Waals surface area contributed by atoms with Gasteiger partial charge in [0.2, 0.25) is 5.91 Å². The summed E-state index contributed by atoms with van der Waals surface area (Å²) in [6, 6.07) is 22.8. The molecule has 0 aliphatic rings. The van der Waals surface area contributed by atoms with Gasteiger partial charge in [0.05, 0.1) is 0 Å². The van der Waals surface area contributed by atoms with Crippen LogP contribution in [0.4, 0.5) is 0 Å². The molecule has 0 bridgehead atoms. The van der Waals surface area contributed by atoms with Crippen molar-refractivity contribution >= 4 is 27.7 Å². The van der Waals surface area contributed by atoms with Crippen molar-refractivity contribution in [2.45, 2.75) is 59.2 Å². The summed E-state index contributed by atoms with van der Waals surface area (Å²) in [6.07, 6.45) is 1.22. The summed E-state index contributed by atoms with van der Waals surface area (Å²) in [5.41, 5.74) is 4.11. The van der Waals surface area contributed by atoms with Gasteiger partial charge in [0.1, 0.15) is 11.8 Å². The standard InChI is InChI=1S/C30H35BrN2O3/c1-5-23(4)32-30(35)28(18-24-9-7-6-8-10-24)33(19-25-13-11-21(2)12-14-25)29(34)20-36-26-15-16-27(31)22(3)17-26/h6-17,23,28H,5,18-20H2,1-4H3,(H,32,35)/t23-,28+/m1/s1. The van der Waals surface area contributed by atoms with E-state index in [1.165, 1.54) is 0 Å². The van der Waals surface area contributed by atoms with E-state index in [-0.39, 0.29) is 24.5 Å². The predicted molar refractivity (Wildman–Crippen MR) is 148 cm³/mol. The van der Waals surface area contributed by atoms with Crippen LogP contribution in [0.15, 0.2) is 77.3 Å². The maximum Gasteiger partial charge on any atom is 0.261 e. The summed E-state index contributed by atoms with van der Waals surface area (Å²) in [6.45, 7) is 8.15. The molecule has 190 valence electrons. The molecule has 0 saturated carbocycles. The zero-order valence-electron chi connectivity index (χ0n) is 21.5. The van der Waals surface area contributed by atoms with Crippen LogP contribution in [0.3, 0.4) is 0 Å². The molecule has 6 heteroatoms. The zero-order chi connectivity index (χ0) is 26.1. The third-order valence-corrected chi connectivity index (χ3v) is 7.13. The highest BCUT2D eigenvalue weighted by atomic mass is 79.9. The Morgan fingerprint density at radius 2 is 1.67 bits per heavy atom. The van der Waals surface area contributed by atoms with E-state index in [4.69, 9.17) is 4.74 Å². The number of hydrogen-bond acceptors (Lipinski definition) is 3. The first-order chi connectivity index (χ1) is 17.3. The van der Waals surface area contributed by atoms with Gasteiger partial charge in [-0.2, -0.15) is 0 Å². The van der Waals surface area contributed by atoms with Gasteiger partial charge >= 0.3 is 0 Å². The highest BCUT2D eigenvalue weighted by Gasteiger charge is 2.31. The summed E-state index contributed by atoms with van der Waals surface area (Å²) in [4.78, 5) is 28.8. The van der Waals surface area contributed by atoms with E-state index in [1.807, 2.05) is 100 Å². The summed E-state index contributed by atoms with van der Waals surface area (Å²) >= 11 is 3.49. The van der Waals surface area contributed by atoms with E-state index in [2.05, 4.69) is 21.2 Å². The average Bonchev–Trinajstić information content (AvgIpc) is 2.88. The minimum absolute atomic E-state index is 0.00842. The predicted octanol–water partition coefficient (Wildman–Crippen LogP) is 6.00. The minimum atomic E-state index is -0.676. The Morgan fingerprint density at radius 3 is 2.31 bits per heavy atom. The van der Waals surface area contributed by atoms with Gasteiger partial charge in [-0.1, -0.05) is 83.0 Å². The third-order valence-electron chi connectivity index (χ3n) is 6.24. The van der Waals surface area contributed by atoms with E-state index in [0.717, 1.165) is 33.1 Å². The van der Waals surface area contributed by atoms with Crippen molar-refractivity contribution in [3.05, 3.63) is 99.5 Å². The normalized spacial score (nSPS) is 12.5. The molecule has 1 N–H and O–H groups in total. The number of ether oxygens (including phenoxy) is 1. The lowest BCUT2D eigenvalue weighted by Gasteiger charge is -2.32. The van der Waals surface area contributed by atoms with E-state index in [9.17, 15) is 9.59 Å². The molecular weight excluding hydrogens is 516 g/mol. The number of carbonyl (C=O) groups excluding carboxylic acids is 2. The lowest BCUT2D eigenvalue weighted by molar-refractivity contribution is -0.143. The molecule has 0 spiro atoms. The van der Waals surface area contributed by atoms with Gasteiger partial charge in [-0.15, -0.1) is 0 Å². The van der Waals surface area contributed by atoms with Crippen molar-refractivity contribution in [2.24, 2.45) is 0 Å². The Morgan fingerprint density at radius 1 is 0.972 bits per heavy atom. The quantitative estimate of drug-likeness (QED) is 0.318. The summed E-state index contributed by atoms with van der Waals surface area (Å²) < 4.78 is 6.86. The molecule has 0 fully saturated rings. The fourth-order valence-electron chi connectivity index (χ4n) is 3.82. The van der Waals surface area contributed by atoms with Gasteiger partial charge in [0, 0.05) is 23.5 Å². The molecule has 5 nitrogen and oxygen atoms in total. The largest absolute Gasteiger partial charge is 0.484 e. The van der Waals surface area contributed by atoms with Crippen molar-refractivity contribution in [1.29, 1.82) is 0 Å². The molecule has 3 aromatic carbocycles. The van der Waals surface area contributed by atoms with E-state index < -0.39 is 6.04 Å². The topological polar surface area (TPSA) is 58.6 Å². The fourth-order valence-corrected chi connectivity index (χ4v) is 4.07. The van der Waals surface area contributed by atoms with E-state index in [1.54, 1.807) is 4.90 Å². The van der Waals surface area contributed by atoms with Crippen LogP contribution >= 0.6 is 15.9 Å². The van der Waals surface area contributed by atoms with Gasteiger partial charge in [-0.3, -0.25) is 9.59 Å².